The number of carbonyl (C=O) groups excluding carboxylic acids is 1. The summed E-state index contributed by atoms with van der Waals surface area (Å²) in [6.07, 6.45) is 0.672. The molecule has 24 heavy (non-hydrogen) atoms. The Labute approximate surface area is 140 Å². The van der Waals surface area contributed by atoms with E-state index in [2.05, 4.69) is 12.1 Å². The Hall–Kier alpha value is -3.13. The predicted molar refractivity (Wildman–Crippen MR) is 95.3 cm³/mol. The maximum absolute atomic E-state index is 12.9. The Bertz CT molecular complexity index is 982. The largest absolute Gasteiger partial charge is 0.452 e. The molecule has 0 saturated heterocycles. The lowest BCUT2D eigenvalue weighted by Gasteiger charge is -2.04. The second kappa shape index (κ2) is 6.17. The van der Waals surface area contributed by atoms with E-state index in [0.29, 0.717) is 17.7 Å². The molecule has 1 heterocycles. The second-order valence-corrected chi connectivity index (χ2v) is 5.76. The first-order valence-corrected chi connectivity index (χ1v) is 7.97. The van der Waals surface area contributed by atoms with E-state index in [0.717, 1.165) is 22.1 Å². The highest BCUT2D eigenvalue weighted by molar-refractivity contribution is 6.10. The molecule has 0 unspecified atom stereocenters. The van der Waals surface area contributed by atoms with Crippen molar-refractivity contribution in [3.63, 3.8) is 0 Å². The SMILES string of the molecule is O=C(c1ccccc1)c1oc2ccccc2c1Cc1ccccc1. The van der Waals surface area contributed by atoms with Crippen molar-refractivity contribution in [2.45, 2.75) is 6.42 Å². The summed E-state index contributed by atoms with van der Waals surface area (Å²) in [6, 6.07) is 27.3. The molecule has 0 spiro atoms. The fraction of sp³-hybridized carbons (Fsp3) is 0.0455. The van der Waals surface area contributed by atoms with Crippen LogP contribution in [0, 0.1) is 0 Å². The molecule has 0 fully saturated rings. The average Bonchev–Trinajstić information content (AvgIpc) is 3.01. The molecule has 0 aliphatic heterocycles. The summed E-state index contributed by atoms with van der Waals surface area (Å²) >= 11 is 0. The number of ketones is 1. The van der Waals surface area contributed by atoms with Gasteiger partial charge in [-0.15, -0.1) is 0 Å². The lowest BCUT2D eigenvalue weighted by Crippen LogP contribution is -2.03. The van der Waals surface area contributed by atoms with Crippen LogP contribution in [0.1, 0.15) is 27.2 Å². The number of benzene rings is 3. The summed E-state index contributed by atoms with van der Waals surface area (Å²) in [7, 11) is 0. The van der Waals surface area contributed by atoms with E-state index in [-0.39, 0.29) is 5.78 Å². The van der Waals surface area contributed by atoms with E-state index >= 15 is 0 Å². The van der Waals surface area contributed by atoms with Crippen LogP contribution >= 0.6 is 0 Å². The summed E-state index contributed by atoms with van der Waals surface area (Å²) in [5.74, 6) is 0.365. The molecule has 0 amide bonds. The van der Waals surface area contributed by atoms with Crippen LogP contribution in [-0.4, -0.2) is 5.78 Å². The monoisotopic (exact) mass is 312 g/mol. The van der Waals surface area contributed by atoms with Crippen LogP contribution in [0.25, 0.3) is 11.0 Å². The maximum Gasteiger partial charge on any atom is 0.228 e. The average molecular weight is 312 g/mol. The maximum atomic E-state index is 12.9. The van der Waals surface area contributed by atoms with Gasteiger partial charge in [0.25, 0.3) is 0 Å². The minimum Gasteiger partial charge on any atom is -0.452 e. The minimum atomic E-state index is -0.0715. The number of carbonyl (C=O) groups is 1. The highest BCUT2D eigenvalue weighted by Crippen LogP contribution is 2.29. The topological polar surface area (TPSA) is 30.2 Å². The lowest BCUT2D eigenvalue weighted by molar-refractivity contribution is 0.101. The second-order valence-electron chi connectivity index (χ2n) is 5.76. The van der Waals surface area contributed by atoms with Crippen LogP contribution in [0.2, 0.25) is 0 Å². The van der Waals surface area contributed by atoms with Crippen molar-refractivity contribution in [2.24, 2.45) is 0 Å². The number of rotatable bonds is 4. The van der Waals surface area contributed by atoms with Gasteiger partial charge < -0.3 is 4.42 Å². The number of fused-ring (bicyclic) bond motifs is 1. The molecular formula is C22H16O2. The Morgan fingerprint density at radius 1 is 0.750 bits per heavy atom. The smallest absolute Gasteiger partial charge is 0.228 e. The van der Waals surface area contributed by atoms with Crippen LogP contribution in [0.5, 0.6) is 0 Å². The summed E-state index contributed by atoms with van der Waals surface area (Å²) < 4.78 is 5.94. The van der Waals surface area contributed by atoms with Crippen LogP contribution < -0.4 is 0 Å². The minimum absolute atomic E-state index is 0.0715. The molecule has 116 valence electrons. The highest BCUT2D eigenvalue weighted by Gasteiger charge is 2.21. The molecule has 1 aromatic heterocycles. The summed E-state index contributed by atoms with van der Waals surface area (Å²) in [5, 5.41) is 1.00. The van der Waals surface area contributed by atoms with Crippen LogP contribution in [0.3, 0.4) is 0 Å². The van der Waals surface area contributed by atoms with Crippen LogP contribution in [0.4, 0.5) is 0 Å². The third-order valence-electron chi connectivity index (χ3n) is 4.16. The molecule has 0 atom stereocenters. The van der Waals surface area contributed by atoms with Gasteiger partial charge in [0, 0.05) is 22.9 Å². The molecule has 4 rings (SSSR count). The van der Waals surface area contributed by atoms with Crippen molar-refractivity contribution in [3.05, 3.63) is 107 Å². The molecule has 2 nitrogen and oxygen atoms in total. The first-order chi connectivity index (χ1) is 11.8. The van der Waals surface area contributed by atoms with Crippen molar-refractivity contribution in [2.75, 3.05) is 0 Å². The molecule has 0 bridgehead atoms. The zero-order chi connectivity index (χ0) is 16.4. The van der Waals surface area contributed by atoms with E-state index in [9.17, 15) is 4.79 Å². The van der Waals surface area contributed by atoms with Gasteiger partial charge >= 0.3 is 0 Å². The lowest BCUT2D eigenvalue weighted by atomic mass is 9.98. The Kier molecular flexibility index (Phi) is 3.72. The fourth-order valence-corrected chi connectivity index (χ4v) is 2.98. The van der Waals surface area contributed by atoms with Crippen LogP contribution in [-0.2, 0) is 6.42 Å². The number of para-hydroxylation sites is 1. The van der Waals surface area contributed by atoms with E-state index in [1.807, 2.05) is 72.8 Å². The number of hydrogen-bond donors (Lipinski definition) is 0. The van der Waals surface area contributed by atoms with E-state index in [1.54, 1.807) is 0 Å². The molecular weight excluding hydrogens is 296 g/mol. The summed E-state index contributed by atoms with van der Waals surface area (Å²) in [6.45, 7) is 0. The molecule has 0 aliphatic carbocycles. The van der Waals surface area contributed by atoms with Gasteiger partial charge in [0.05, 0.1) is 0 Å². The standard InChI is InChI=1S/C22H16O2/c23-21(17-11-5-2-6-12-17)22-19(15-16-9-3-1-4-10-16)18-13-7-8-14-20(18)24-22/h1-14H,15H2. The first kappa shape index (κ1) is 14.5. The zero-order valence-electron chi connectivity index (χ0n) is 13.1. The zero-order valence-corrected chi connectivity index (χ0v) is 13.1. The Morgan fingerprint density at radius 3 is 2.12 bits per heavy atom. The van der Waals surface area contributed by atoms with Gasteiger partial charge in [0.15, 0.2) is 5.76 Å². The van der Waals surface area contributed by atoms with Gasteiger partial charge in [-0.05, 0) is 11.6 Å². The van der Waals surface area contributed by atoms with Crippen molar-refractivity contribution in [3.8, 4) is 0 Å². The van der Waals surface area contributed by atoms with Gasteiger partial charge in [-0.2, -0.15) is 0 Å². The van der Waals surface area contributed by atoms with Crippen LogP contribution in [0.15, 0.2) is 89.3 Å². The third kappa shape index (κ3) is 2.63. The van der Waals surface area contributed by atoms with Crippen molar-refractivity contribution in [1.29, 1.82) is 0 Å². The van der Waals surface area contributed by atoms with Crippen molar-refractivity contribution >= 4 is 16.8 Å². The summed E-state index contributed by atoms with van der Waals surface area (Å²) in [5.41, 5.74) is 3.50. The highest BCUT2D eigenvalue weighted by atomic mass is 16.3. The number of furan rings is 1. The van der Waals surface area contributed by atoms with Gasteiger partial charge in [-0.1, -0.05) is 78.9 Å². The molecule has 4 aromatic rings. The van der Waals surface area contributed by atoms with Gasteiger partial charge in [-0.3, -0.25) is 4.79 Å². The molecule has 0 N–H and O–H groups in total. The van der Waals surface area contributed by atoms with Crippen molar-refractivity contribution in [1.82, 2.24) is 0 Å². The number of hydrogen-bond acceptors (Lipinski definition) is 2. The molecule has 3 aromatic carbocycles. The van der Waals surface area contributed by atoms with E-state index in [4.69, 9.17) is 4.42 Å². The Balaban J connectivity index is 1.85. The van der Waals surface area contributed by atoms with Gasteiger partial charge in [0.1, 0.15) is 5.58 Å². The fourth-order valence-electron chi connectivity index (χ4n) is 2.98. The summed E-state index contributed by atoms with van der Waals surface area (Å²) in [4.78, 5) is 12.9. The normalized spacial score (nSPS) is 10.8. The molecule has 2 heteroatoms. The Morgan fingerprint density at radius 2 is 1.38 bits per heavy atom. The first-order valence-electron chi connectivity index (χ1n) is 7.97. The quantitative estimate of drug-likeness (QED) is 0.481. The van der Waals surface area contributed by atoms with Gasteiger partial charge in [-0.25, -0.2) is 0 Å². The third-order valence-corrected chi connectivity index (χ3v) is 4.16. The van der Waals surface area contributed by atoms with Gasteiger partial charge in [0.2, 0.25) is 5.78 Å². The van der Waals surface area contributed by atoms with E-state index < -0.39 is 0 Å². The predicted octanol–water partition coefficient (Wildman–Crippen LogP) is 5.25. The molecule has 0 aliphatic rings. The van der Waals surface area contributed by atoms with Crippen molar-refractivity contribution < 1.29 is 9.21 Å². The molecule has 0 saturated carbocycles. The molecule has 0 radical (unpaired) electrons. The van der Waals surface area contributed by atoms with E-state index in [1.165, 1.54) is 0 Å².